The van der Waals surface area contributed by atoms with E-state index in [1.807, 2.05) is 24.3 Å². The van der Waals surface area contributed by atoms with Gasteiger partial charge in [0, 0.05) is 22.2 Å². The van der Waals surface area contributed by atoms with E-state index in [4.69, 9.17) is 10.5 Å². The van der Waals surface area contributed by atoms with Gasteiger partial charge in [0.05, 0.1) is 0 Å². The van der Waals surface area contributed by atoms with Crippen molar-refractivity contribution in [3.05, 3.63) is 48.0 Å². The monoisotopic (exact) mass is 270 g/mol. The predicted molar refractivity (Wildman–Crippen MR) is 69.6 cm³/mol. The maximum absolute atomic E-state index is 8.63. The number of hydrogen-bond acceptors (Lipinski definition) is 6. The van der Waals surface area contributed by atoms with Gasteiger partial charge in [0.25, 0.3) is 0 Å². The van der Waals surface area contributed by atoms with Crippen LogP contribution in [-0.4, -0.2) is 9.97 Å². The molecule has 0 saturated heterocycles. The van der Waals surface area contributed by atoms with E-state index in [0.29, 0.717) is 11.4 Å². The van der Waals surface area contributed by atoms with E-state index in [1.54, 1.807) is 24.5 Å². The van der Waals surface area contributed by atoms with Crippen LogP contribution in [0.4, 0.5) is 0 Å². The van der Waals surface area contributed by atoms with Gasteiger partial charge in [-0.05, 0) is 24.3 Å². The van der Waals surface area contributed by atoms with Gasteiger partial charge in [-0.15, -0.1) is 0 Å². The van der Waals surface area contributed by atoms with Gasteiger partial charge >= 0.3 is 0 Å². The molecule has 0 amide bonds. The highest BCUT2D eigenvalue weighted by atomic mass is 33.1. The summed E-state index contributed by atoms with van der Waals surface area (Å²) in [5.74, 6) is 0. The summed E-state index contributed by atoms with van der Waals surface area (Å²) in [6.07, 6.45) is 3.32. The number of aromatic nitrogens is 2. The lowest BCUT2D eigenvalue weighted by atomic mass is 10.4. The molecule has 0 unspecified atom stereocenters. The van der Waals surface area contributed by atoms with Gasteiger partial charge in [-0.25, -0.2) is 9.97 Å². The Hall–Kier alpha value is -2.02. The van der Waals surface area contributed by atoms with Crippen LogP contribution in [0.2, 0.25) is 0 Å². The number of nitriles is 2. The second kappa shape index (κ2) is 6.06. The molecule has 0 aromatic carbocycles. The predicted octanol–water partition coefficient (Wildman–Crippen LogP) is 3.02. The Morgan fingerprint density at radius 1 is 0.778 bits per heavy atom. The fourth-order valence-electron chi connectivity index (χ4n) is 1.09. The highest BCUT2D eigenvalue weighted by Gasteiger charge is 2.00. The van der Waals surface area contributed by atoms with Crippen LogP contribution in [0.1, 0.15) is 11.4 Å². The zero-order chi connectivity index (χ0) is 12.8. The number of rotatable bonds is 3. The molecule has 18 heavy (non-hydrogen) atoms. The first-order valence-corrected chi connectivity index (χ1v) is 7.03. The van der Waals surface area contributed by atoms with Crippen LogP contribution in [0.3, 0.4) is 0 Å². The highest BCUT2D eigenvalue weighted by Crippen LogP contribution is 2.36. The summed E-state index contributed by atoms with van der Waals surface area (Å²) in [5.41, 5.74) is 0.814. The number of hydrogen-bond donors (Lipinski definition) is 0. The van der Waals surface area contributed by atoms with E-state index >= 15 is 0 Å². The molecule has 2 heterocycles. The molecule has 6 heteroatoms. The molecular formula is C12H6N4S2. The third-order valence-electron chi connectivity index (χ3n) is 1.94. The third-order valence-corrected chi connectivity index (χ3v) is 4.29. The van der Waals surface area contributed by atoms with Crippen molar-refractivity contribution in [1.82, 2.24) is 9.97 Å². The maximum atomic E-state index is 8.63. The Labute approximate surface area is 112 Å². The van der Waals surface area contributed by atoms with Crippen molar-refractivity contribution >= 4 is 21.6 Å². The average molecular weight is 270 g/mol. The minimum absolute atomic E-state index is 0.407. The lowest BCUT2D eigenvalue weighted by Crippen LogP contribution is -1.81. The van der Waals surface area contributed by atoms with Crippen LogP contribution < -0.4 is 0 Å². The Morgan fingerprint density at radius 2 is 1.22 bits per heavy atom. The molecule has 0 radical (unpaired) electrons. The van der Waals surface area contributed by atoms with Crippen molar-refractivity contribution < 1.29 is 0 Å². The summed E-state index contributed by atoms with van der Waals surface area (Å²) in [6.45, 7) is 0. The van der Waals surface area contributed by atoms with Gasteiger partial charge in [0.1, 0.15) is 23.5 Å². The minimum atomic E-state index is 0.407. The van der Waals surface area contributed by atoms with Gasteiger partial charge < -0.3 is 0 Å². The average Bonchev–Trinajstić information content (AvgIpc) is 2.46. The molecule has 2 rings (SSSR count). The summed E-state index contributed by atoms with van der Waals surface area (Å²) in [5, 5.41) is 17.3. The van der Waals surface area contributed by atoms with Crippen molar-refractivity contribution in [3.8, 4) is 12.1 Å². The minimum Gasteiger partial charge on any atom is -0.244 e. The van der Waals surface area contributed by atoms with E-state index in [2.05, 4.69) is 9.97 Å². The second-order valence-electron chi connectivity index (χ2n) is 3.15. The van der Waals surface area contributed by atoms with Crippen molar-refractivity contribution in [2.24, 2.45) is 0 Å². The van der Waals surface area contributed by atoms with Crippen molar-refractivity contribution in [1.29, 1.82) is 10.5 Å². The normalized spacial score (nSPS) is 9.44. The van der Waals surface area contributed by atoms with Crippen molar-refractivity contribution in [3.63, 3.8) is 0 Å². The van der Waals surface area contributed by atoms with Crippen LogP contribution in [0.25, 0.3) is 0 Å². The molecule has 0 bridgehead atoms. The summed E-state index contributed by atoms with van der Waals surface area (Å²) >= 11 is 0. The van der Waals surface area contributed by atoms with Gasteiger partial charge in [-0.3, -0.25) is 0 Å². The first-order valence-electron chi connectivity index (χ1n) is 4.88. The van der Waals surface area contributed by atoms with Gasteiger partial charge in [0.15, 0.2) is 0 Å². The van der Waals surface area contributed by atoms with Gasteiger partial charge in [0.2, 0.25) is 0 Å². The Bertz CT molecular complexity index is 551. The Kier molecular flexibility index (Phi) is 4.19. The zero-order valence-corrected chi connectivity index (χ0v) is 10.7. The maximum Gasteiger partial charge on any atom is 0.140 e. The molecule has 0 aliphatic carbocycles. The molecule has 0 fully saturated rings. The summed E-state index contributed by atoms with van der Waals surface area (Å²) in [7, 11) is 3.06. The van der Waals surface area contributed by atoms with E-state index in [1.165, 1.54) is 21.6 Å². The first kappa shape index (κ1) is 12.4. The molecule has 0 spiro atoms. The molecule has 2 aromatic heterocycles. The molecule has 4 nitrogen and oxygen atoms in total. The lowest BCUT2D eigenvalue weighted by Gasteiger charge is -2.00. The van der Waals surface area contributed by atoms with E-state index in [9.17, 15) is 0 Å². The molecule has 0 atom stereocenters. The Balaban J connectivity index is 1.98. The third kappa shape index (κ3) is 3.24. The van der Waals surface area contributed by atoms with E-state index in [0.717, 1.165) is 9.79 Å². The zero-order valence-electron chi connectivity index (χ0n) is 9.07. The Morgan fingerprint density at radius 3 is 1.50 bits per heavy atom. The number of nitrogens with zero attached hydrogens (tertiary/aromatic N) is 4. The lowest BCUT2D eigenvalue weighted by molar-refractivity contribution is 1.20. The summed E-state index contributed by atoms with van der Waals surface area (Å²) in [6, 6.07) is 11.0. The van der Waals surface area contributed by atoms with Crippen LogP contribution >= 0.6 is 21.6 Å². The molecule has 2 aromatic rings. The molecule has 0 aliphatic rings. The molecule has 86 valence electrons. The fourth-order valence-corrected chi connectivity index (χ4v) is 2.89. The van der Waals surface area contributed by atoms with Crippen LogP contribution in [-0.2, 0) is 0 Å². The van der Waals surface area contributed by atoms with Crippen LogP contribution in [0.15, 0.2) is 46.5 Å². The first-order chi connectivity index (χ1) is 8.81. The number of pyridine rings is 2. The van der Waals surface area contributed by atoms with Crippen molar-refractivity contribution in [2.45, 2.75) is 9.79 Å². The van der Waals surface area contributed by atoms with Crippen LogP contribution in [0, 0.1) is 22.7 Å². The summed E-state index contributed by atoms with van der Waals surface area (Å²) in [4.78, 5) is 9.89. The fraction of sp³-hybridized carbons (Fsp3) is 0. The van der Waals surface area contributed by atoms with Crippen LogP contribution in [0.5, 0.6) is 0 Å². The molecule has 0 saturated carbocycles. The molecule has 0 N–H and O–H groups in total. The smallest absolute Gasteiger partial charge is 0.140 e. The van der Waals surface area contributed by atoms with Gasteiger partial charge in [-0.2, -0.15) is 10.5 Å². The highest BCUT2D eigenvalue weighted by molar-refractivity contribution is 8.76. The SMILES string of the molecule is N#Cc1ccc(SSc2ccc(C#N)nc2)cn1. The largest absolute Gasteiger partial charge is 0.244 e. The standard InChI is InChI=1S/C12H6N4S2/c13-5-9-1-3-11(7-15-9)17-18-12-4-2-10(6-14)16-8-12/h1-4,7-8H. The van der Waals surface area contributed by atoms with Crippen molar-refractivity contribution in [2.75, 3.05) is 0 Å². The molecule has 0 aliphatic heterocycles. The summed E-state index contributed by atoms with van der Waals surface area (Å²) < 4.78 is 0. The quantitative estimate of drug-likeness (QED) is 0.798. The topological polar surface area (TPSA) is 73.4 Å². The van der Waals surface area contributed by atoms with E-state index < -0.39 is 0 Å². The van der Waals surface area contributed by atoms with E-state index in [-0.39, 0.29) is 0 Å². The second-order valence-corrected chi connectivity index (χ2v) is 5.42. The molecular weight excluding hydrogens is 264 g/mol. The van der Waals surface area contributed by atoms with Gasteiger partial charge in [-0.1, -0.05) is 21.6 Å².